The highest BCUT2D eigenvalue weighted by Crippen LogP contribution is 2.41. The molecule has 4 N–H and O–H groups in total. The first-order valence-corrected chi connectivity index (χ1v) is 7.32. The first kappa shape index (κ1) is 15.6. The number of carbonyl (C=O) groups is 2. The Labute approximate surface area is 126 Å². The summed E-state index contributed by atoms with van der Waals surface area (Å²) in [7, 11) is 2.77. The Balaban J connectivity index is 2.49. The first-order chi connectivity index (χ1) is 9.80. The van der Waals surface area contributed by atoms with Crippen molar-refractivity contribution >= 4 is 33.9 Å². The summed E-state index contributed by atoms with van der Waals surface area (Å²) < 4.78 is 4.76. The SMILES string of the molecule is CNC(=O)c1sc(N2CCC(C)(O)C2)c(C(=O)OC)c1N. The minimum absolute atomic E-state index is 0.118. The fourth-order valence-corrected chi connectivity index (χ4v) is 3.53. The van der Waals surface area contributed by atoms with Crippen molar-refractivity contribution in [2.24, 2.45) is 0 Å². The third kappa shape index (κ3) is 2.81. The van der Waals surface area contributed by atoms with Crippen LogP contribution in [0.3, 0.4) is 0 Å². The van der Waals surface area contributed by atoms with Gasteiger partial charge in [-0.25, -0.2) is 4.79 Å². The maximum atomic E-state index is 12.0. The molecule has 1 aliphatic heterocycles. The third-order valence-corrected chi connectivity index (χ3v) is 4.75. The third-order valence-electron chi connectivity index (χ3n) is 3.49. The zero-order valence-electron chi connectivity index (χ0n) is 12.2. The number of carbonyl (C=O) groups excluding carboxylic acids is 2. The molecule has 7 nitrogen and oxygen atoms in total. The smallest absolute Gasteiger partial charge is 0.343 e. The van der Waals surface area contributed by atoms with E-state index in [2.05, 4.69) is 5.32 Å². The van der Waals surface area contributed by atoms with E-state index < -0.39 is 11.6 Å². The van der Waals surface area contributed by atoms with Crippen molar-refractivity contribution in [1.29, 1.82) is 0 Å². The van der Waals surface area contributed by atoms with E-state index in [0.717, 1.165) is 11.3 Å². The van der Waals surface area contributed by atoms with Crippen LogP contribution in [0.1, 0.15) is 33.4 Å². The van der Waals surface area contributed by atoms with E-state index in [9.17, 15) is 14.7 Å². The van der Waals surface area contributed by atoms with Gasteiger partial charge >= 0.3 is 5.97 Å². The number of hydrogen-bond acceptors (Lipinski definition) is 7. The molecule has 21 heavy (non-hydrogen) atoms. The Bertz CT molecular complexity index is 582. The average Bonchev–Trinajstić information content (AvgIpc) is 2.97. The summed E-state index contributed by atoms with van der Waals surface area (Å²) in [5.74, 6) is -0.930. The van der Waals surface area contributed by atoms with Crippen molar-refractivity contribution in [3.63, 3.8) is 0 Å². The second-order valence-electron chi connectivity index (χ2n) is 5.26. The normalized spacial score (nSPS) is 21.4. The van der Waals surface area contributed by atoms with Crippen LogP contribution in [0.25, 0.3) is 0 Å². The Morgan fingerprint density at radius 3 is 2.67 bits per heavy atom. The molecule has 0 radical (unpaired) electrons. The number of amides is 1. The Morgan fingerprint density at radius 2 is 2.19 bits per heavy atom. The van der Waals surface area contributed by atoms with Crippen LogP contribution in [-0.2, 0) is 4.74 Å². The minimum Gasteiger partial charge on any atom is -0.465 e. The first-order valence-electron chi connectivity index (χ1n) is 6.50. The van der Waals surface area contributed by atoms with Gasteiger partial charge in [-0.3, -0.25) is 4.79 Å². The van der Waals surface area contributed by atoms with Crippen LogP contribution in [0, 0.1) is 0 Å². The zero-order valence-corrected chi connectivity index (χ0v) is 13.0. The standard InChI is InChI=1S/C13H19N3O4S/c1-13(19)4-5-16(6-13)11-7(12(18)20-3)8(14)9(21-11)10(17)15-2/h19H,4-6,14H2,1-3H3,(H,15,17). The highest BCUT2D eigenvalue weighted by atomic mass is 32.1. The molecule has 1 aromatic rings. The molecule has 1 aliphatic rings. The van der Waals surface area contributed by atoms with E-state index in [-0.39, 0.29) is 22.0 Å². The number of β-amino-alcohol motifs (C(OH)–C–C–N with tert-alkyl or cyclic N) is 1. The summed E-state index contributed by atoms with van der Waals surface area (Å²) in [6.45, 7) is 2.70. The molecular formula is C13H19N3O4S. The number of methoxy groups -OCH3 is 1. The van der Waals surface area contributed by atoms with Gasteiger partial charge in [0.25, 0.3) is 5.91 Å². The molecule has 1 amide bonds. The topological polar surface area (TPSA) is 105 Å². The number of esters is 1. The number of nitrogens with one attached hydrogen (secondary N) is 1. The van der Waals surface area contributed by atoms with Crippen molar-refractivity contribution in [2.45, 2.75) is 18.9 Å². The summed E-state index contributed by atoms with van der Waals surface area (Å²) in [5.41, 5.74) is 5.44. The molecule has 1 fully saturated rings. The van der Waals surface area contributed by atoms with Crippen LogP contribution in [0.5, 0.6) is 0 Å². The van der Waals surface area contributed by atoms with Crippen LogP contribution < -0.4 is 16.0 Å². The van der Waals surface area contributed by atoms with Crippen molar-refractivity contribution in [1.82, 2.24) is 5.32 Å². The highest BCUT2D eigenvalue weighted by molar-refractivity contribution is 7.19. The highest BCUT2D eigenvalue weighted by Gasteiger charge is 2.36. The molecule has 0 bridgehead atoms. The lowest BCUT2D eigenvalue weighted by molar-refractivity contribution is 0.0602. The molecule has 1 saturated heterocycles. The van der Waals surface area contributed by atoms with E-state index in [0.29, 0.717) is 24.5 Å². The number of nitrogen functional groups attached to an aromatic ring is 1. The largest absolute Gasteiger partial charge is 0.465 e. The summed E-state index contributed by atoms with van der Waals surface area (Å²) in [6.07, 6.45) is 0.584. The summed E-state index contributed by atoms with van der Waals surface area (Å²) in [4.78, 5) is 26.0. The van der Waals surface area contributed by atoms with Gasteiger partial charge in [-0.15, -0.1) is 11.3 Å². The van der Waals surface area contributed by atoms with Gasteiger partial charge < -0.3 is 25.8 Å². The predicted octanol–water partition coefficient (Wildman–Crippen LogP) is 0.438. The number of hydrogen-bond donors (Lipinski definition) is 3. The van der Waals surface area contributed by atoms with Crippen molar-refractivity contribution < 1.29 is 19.4 Å². The molecule has 1 atom stereocenters. The Kier molecular flexibility index (Phi) is 4.11. The average molecular weight is 313 g/mol. The lowest BCUT2D eigenvalue weighted by Crippen LogP contribution is -2.29. The van der Waals surface area contributed by atoms with Gasteiger partial charge in [-0.2, -0.15) is 0 Å². The monoisotopic (exact) mass is 313 g/mol. The summed E-state index contributed by atoms with van der Waals surface area (Å²) in [6, 6.07) is 0. The van der Waals surface area contributed by atoms with Gasteiger partial charge in [0.1, 0.15) is 15.4 Å². The fourth-order valence-electron chi connectivity index (χ4n) is 2.35. The number of aliphatic hydroxyl groups is 1. The van der Waals surface area contributed by atoms with E-state index in [1.54, 1.807) is 6.92 Å². The predicted molar refractivity (Wildman–Crippen MR) is 80.9 cm³/mol. The van der Waals surface area contributed by atoms with Crippen molar-refractivity contribution in [3.05, 3.63) is 10.4 Å². The molecular weight excluding hydrogens is 294 g/mol. The number of thiophene rings is 1. The van der Waals surface area contributed by atoms with Crippen LogP contribution in [0.15, 0.2) is 0 Å². The number of nitrogens with two attached hydrogens (primary N) is 1. The molecule has 0 saturated carbocycles. The molecule has 0 aliphatic carbocycles. The molecule has 0 spiro atoms. The molecule has 116 valence electrons. The number of rotatable bonds is 3. The fraction of sp³-hybridized carbons (Fsp3) is 0.538. The van der Waals surface area contributed by atoms with Crippen LogP contribution in [0.4, 0.5) is 10.7 Å². The number of nitrogens with zero attached hydrogens (tertiary/aromatic N) is 1. The number of anilines is 2. The summed E-state index contributed by atoms with van der Waals surface area (Å²) in [5, 5.41) is 13.1. The van der Waals surface area contributed by atoms with Gasteiger partial charge in [0.2, 0.25) is 0 Å². The second-order valence-corrected chi connectivity index (χ2v) is 6.26. The molecule has 2 rings (SSSR count). The van der Waals surface area contributed by atoms with E-state index in [1.807, 2.05) is 4.90 Å². The molecule has 8 heteroatoms. The Morgan fingerprint density at radius 1 is 1.52 bits per heavy atom. The maximum absolute atomic E-state index is 12.0. The quantitative estimate of drug-likeness (QED) is 0.699. The van der Waals surface area contributed by atoms with Gasteiger partial charge in [0.05, 0.1) is 18.4 Å². The maximum Gasteiger partial charge on any atom is 0.343 e. The van der Waals surface area contributed by atoms with E-state index in [4.69, 9.17) is 10.5 Å². The molecule has 0 aromatic carbocycles. The molecule has 2 heterocycles. The second kappa shape index (κ2) is 5.53. The Hall–Kier alpha value is -1.80. The lowest BCUT2D eigenvalue weighted by atomic mass is 10.1. The molecule has 1 unspecified atom stereocenters. The van der Waals surface area contributed by atoms with Gasteiger partial charge in [-0.1, -0.05) is 0 Å². The summed E-state index contributed by atoms with van der Waals surface area (Å²) >= 11 is 1.14. The lowest BCUT2D eigenvalue weighted by Gasteiger charge is -2.20. The number of ether oxygens (including phenoxy) is 1. The van der Waals surface area contributed by atoms with Crippen molar-refractivity contribution in [2.75, 3.05) is 37.9 Å². The van der Waals surface area contributed by atoms with Gasteiger partial charge in [-0.05, 0) is 13.3 Å². The molecule has 1 aromatic heterocycles. The van der Waals surface area contributed by atoms with Crippen LogP contribution in [-0.4, -0.2) is 49.8 Å². The van der Waals surface area contributed by atoms with E-state index in [1.165, 1.54) is 14.2 Å². The van der Waals surface area contributed by atoms with Crippen LogP contribution >= 0.6 is 11.3 Å². The van der Waals surface area contributed by atoms with Crippen molar-refractivity contribution in [3.8, 4) is 0 Å². The van der Waals surface area contributed by atoms with Gasteiger partial charge in [0.15, 0.2) is 0 Å². The van der Waals surface area contributed by atoms with Gasteiger partial charge in [0, 0.05) is 20.1 Å². The van der Waals surface area contributed by atoms with E-state index >= 15 is 0 Å². The minimum atomic E-state index is -0.820. The van der Waals surface area contributed by atoms with Crippen LogP contribution in [0.2, 0.25) is 0 Å². The zero-order chi connectivity index (χ0) is 15.8.